The second-order valence-corrected chi connectivity index (χ2v) is 12.2. The van der Waals surface area contributed by atoms with Gasteiger partial charge in [0.25, 0.3) is 5.91 Å². The lowest BCUT2D eigenvalue weighted by Crippen LogP contribution is -2.43. The molecule has 2 N–H and O–H groups in total. The Labute approximate surface area is 199 Å². The van der Waals surface area contributed by atoms with E-state index in [-0.39, 0.29) is 5.91 Å². The molecule has 4 aliphatic carbocycles. The third-order valence-electron chi connectivity index (χ3n) is 10.4. The van der Waals surface area contributed by atoms with Crippen molar-refractivity contribution in [1.82, 2.24) is 14.7 Å². The molecule has 2 aromatic rings. The van der Waals surface area contributed by atoms with E-state index < -0.39 is 11.4 Å². The average molecular weight is 464 g/mol. The van der Waals surface area contributed by atoms with Gasteiger partial charge in [-0.1, -0.05) is 6.07 Å². The maximum atomic E-state index is 13.3. The molecule has 0 radical (unpaired) electrons. The maximum absolute atomic E-state index is 13.3. The van der Waals surface area contributed by atoms with Crippen LogP contribution in [-0.2, 0) is 16.0 Å². The van der Waals surface area contributed by atoms with E-state index in [1.165, 1.54) is 38.5 Å². The van der Waals surface area contributed by atoms with Gasteiger partial charge >= 0.3 is 5.97 Å². The van der Waals surface area contributed by atoms with E-state index in [0.717, 1.165) is 24.3 Å². The first kappa shape index (κ1) is 20.9. The molecule has 1 aliphatic heterocycles. The number of fused-ring (bicyclic) bond motifs is 3. The van der Waals surface area contributed by atoms with Gasteiger partial charge in [0.1, 0.15) is 11.3 Å². The molecule has 7 heteroatoms. The summed E-state index contributed by atoms with van der Waals surface area (Å²) in [6, 6.07) is 5.58. The molecule has 7 rings (SSSR count). The number of carboxylic acid groups (broad SMARTS) is 1. The minimum atomic E-state index is -0.850. The van der Waals surface area contributed by atoms with Gasteiger partial charge < -0.3 is 15.2 Å². The highest BCUT2D eigenvalue weighted by Gasteiger charge is 2.70. The molecule has 5 unspecified atom stereocenters. The number of carbonyl (C=O) groups is 2. The third-order valence-corrected chi connectivity index (χ3v) is 10.4. The fourth-order valence-electron chi connectivity index (χ4n) is 9.01. The Balaban J connectivity index is 1.11. The van der Waals surface area contributed by atoms with Crippen LogP contribution in [0.1, 0.15) is 67.5 Å². The van der Waals surface area contributed by atoms with Crippen molar-refractivity contribution in [2.24, 2.45) is 34.0 Å². The van der Waals surface area contributed by atoms with Crippen molar-refractivity contribution in [3.63, 3.8) is 0 Å². The predicted octanol–water partition coefficient (Wildman–Crippen LogP) is 3.70. The number of hydrogen-bond acceptors (Lipinski definition) is 4. The Morgan fingerprint density at radius 1 is 1.15 bits per heavy atom. The Kier molecular flexibility index (Phi) is 4.34. The van der Waals surface area contributed by atoms with Crippen LogP contribution in [0, 0.1) is 34.0 Å². The molecule has 3 heterocycles. The van der Waals surface area contributed by atoms with Crippen molar-refractivity contribution < 1.29 is 19.4 Å². The summed E-state index contributed by atoms with van der Waals surface area (Å²) in [5, 5.41) is 13.2. The lowest BCUT2D eigenvalue weighted by atomic mass is 9.55. The van der Waals surface area contributed by atoms with Crippen LogP contribution in [0.25, 0.3) is 5.65 Å². The van der Waals surface area contributed by atoms with Gasteiger partial charge in [0, 0.05) is 32.4 Å². The first-order valence-corrected chi connectivity index (χ1v) is 13.0. The van der Waals surface area contributed by atoms with Gasteiger partial charge in [-0.3, -0.25) is 14.0 Å². The van der Waals surface area contributed by atoms with Gasteiger partial charge in [-0.25, -0.2) is 4.98 Å². The molecule has 2 aromatic heterocycles. The number of aliphatic carboxylic acids is 1. The zero-order chi connectivity index (χ0) is 23.1. The molecule has 34 heavy (non-hydrogen) atoms. The molecule has 5 atom stereocenters. The van der Waals surface area contributed by atoms with Crippen molar-refractivity contribution >= 4 is 17.5 Å². The van der Waals surface area contributed by atoms with E-state index >= 15 is 0 Å². The van der Waals surface area contributed by atoms with Crippen LogP contribution in [0.15, 0.2) is 24.4 Å². The first-order chi connectivity index (χ1) is 16.4. The molecule has 1 amide bonds. The Morgan fingerprint density at radius 2 is 2.00 bits per heavy atom. The number of amides is 1. The fourth-order valence-corrected chi connectivity index (χ4v) is 9.01. The van der Waals surface area contributed by atoms with Crippen molar-refractivity contribution in [2.75, 3.05) is 19.8 Å². The fraction of sp³-hybridized carbons (Fsp3) is 0.667. The van der Waals surface area contributed by atoms with E-state index in [1.807, 2.05) is 28.8 Å². The second kappa shape index (κ2) is 7.06. The van der Waals surface area contributed by atoms with Crippen LogP contribution in [0.5, 0.6) is 0 Å². The van der Waals surface area contributed by atoms with Crippen LogP contribution in [0.2, 0.25) is 0 Å². The summed E-state index contributed by atoms with van der Waals surface area (Å²) in [6.07, 6.45) is 11.3. The van der Waals surface area contributed by atoms with E-state index in [9.17, 15) is 14.7 Å². The number of carbonyl (C=O) groups excluding carboxylic acids is 1. The highest BCUT2D eigenvalue weighted by atomic mass is 16.5. The maximum Gasteiger partial charge on any atom is 0.310 e. The largest absolute Gasteiger partial charge is 0.481 e. The smallest absolute Gasteiger partial charge is 0.310 e. The quantitative estimate of drug-likeness (QED) is 0.681. The van der Waals surface area contributed by atoms with Gasteiger partial charge in [0.2, 0.25) is 0 Å². The molecular weight excluding hydrogens is 430 g/mol. The molecule has 3 bridgehead atoms. The second-order valence-electron chi connectivity index (χ2n) is 12.2. The minimum Gasteiger partial charge on any atom is -0.481 e. The molecule has 7 nitrogen and oxygen atoms in total. The Morgan fingerprint density at radius 3 is 2.82 bits per heavy atom. The number of carboxylic acids is 1. The third kappa shape index (κ3) is 2.88. The lowest BCUT2D eigenvalue weighted by Gasteiger charge is -2.49. The summed E-state index contributed by atoms with van der Waals surface area (Å²) >= 11 is 0. The van der Waals surface area contributed by atoms with Crippen LogP contribution >= 0.6 is 0 Å². The van der Waals surface area contributed by atoms with Crippen molar-refractivity contribution in [2.45, 2.75) is 57.8 Å². The lowest BCUT2D eigenvalue weighted by molar-refractivity contribution is -0.154. The standard InChI is InChI=1S/C27H33N3O4/c31-23(28-16-25-10-17-8-18-9-19(12-25)27(18,11-17)15-25)21-2-1-3-22-29-20(14-30(21)22)13-26(24(32)33)4-6-34-7-5-26/h1-3,14,17-19H,4-13,15-16H2,(H,28,31)(H,32,33). The SMILES string of the molecule is O=C(NCC12CC3CC4CC(C1)C4(C3)C2)c1cccc2nc(CC3(C(=O)O)CCOCC3)cn12. The average Bonchev–Trinajstić information content (AvgIpc) is 3.38. The van der Waals surface area contributed by atoms with Gasteiger partial charge in [0.05, 0.1) is 11.1 Å². The van der Waals surface area contributed by atoms with E-state index in [0.29, 0.717) is 60.3 Å². The van der Waals surface area contributed by atoms with Gasteiger partial charge in [-0.2, -0.15) is 0 Å². The normalized spacial score (nSPS) is 36.9. The van der Waals surface area contributed by atoms with Gasteiger partial charge in [-0.15, -0.1) is 0 Å². The molecule has 180 valence electrons. The molecule has 1 spiro atoms. The van der Waals surface area contributed by atoms with E-state index in [2.05, 4.69) is 10.3 Å². The molecule has 1 saturated heterocycles. The topological polar surface area (TPSA) is 92.9 Å². The molecule has 0 aromatic carbocycles. The van der Waals surface area contributed by atoms with Crippen LogP contribution in [0.3, 0.4) is 0 Å². The van der Waals surface area contributed by atoms with E-state index in [1.54, 1.807) is 0 Å². The summed E-state index contributed by atoms with van der Waals surface area (Å²) < 4.78 is 7.23. The van der Waals surface area contributed by atoms with Crippen LogP contribution < -0.4 is 5.32 Å². The summed E-state index contributed by atoms with van der Waals surface area (Å²) in [5.41, 5.74) is 2.03. The van der Waals surface area contributed by atoms with Crippen molar-refractivity contribution in [1.29, 1.82) is 0 Å². The number of nitrogens with zero attached hydrogens (tertiary/aromatic N) is 2. The monoisotopic (exact) mass is 463 g/mol. The van der Waals surface area contributed by atoms with E-state index in [4.69, 9.17) is 4.74 Å². The molecular formula is C27H33N3O4. The Bertz CT molecular complexity index is 1180. The number of ether oxygens (including phenoxy) is 1. The number of imidazole rings is 1. The summed E-state index contributed by atoms with van der Waals surface area (Å²) in [7, 11) is 0. The summed E-state index contributed by atoms with van der Waals surface area (Å²) in [6.45, 7) is 1.69. The van der Waals surface area contributed by atoms with Crippen LogP contribution in [0.4, 0.5) is 0 Å². The number of hydrogen-bond donors (Lipinski definition) is 2. The number of pyridine rings is 1. The van der Waals surface area contributed by atoms with Crippen molar-refractivity contribution in [3.05, 3.63) is 35.8 Å². The van der Waals surface area contributed by atoms with Gasteiger partial charge in [0.15, 0.2) is 0 Å². The zero-order valence-electron chi connectivity index (χ0n) is 19.6. The summed E-state index contributed by atoms with van der Waals surface area (Å²) in [5.74, 6) is 1.88. The number of aromatic nitrogens is 2. The Hall–Kier alpha value is -2.41. The molecule has 5 aliphatic rings. The van der Waals surface area contributed by atoms with Gasteiger partial charge in [-0.05, 0) is 92.1 Å². The first-order valence-electron chi connectivity index (χ1n) is 13.0. The highest BCUT2D eigenvalue weighted by molar-refractivity contribution is 5.93. The molecule has 4 saturated carbocycles. The number of nitrogens with one attached hydrogen (secondary N) is 1. The highest BCUT2D eigenvalue weighted by Crippen LogP contribution is 2.78. The zero-order valence-corrected chi connectivity index (χ0v) is 19.6. The minimum absolute atomic E-state index is 0.0610. The summed E-state index contributed by atoms with van der Waals surface area (Å²) in [4.78, 5) is 30.1. The predicted molar refractivity (Wildman–Crippen MR) is 124 cm³/mol. The number of rotatable bonds is 6. The van der Waals surface area contributed by atoms with Crippen molar-refractivity contribution in [3.8, 4) is 0 Å². The van der Waals surface area contributed by atoms with Crippen LogP contribution in [-0.4, -0.2) is 46.1 Å². The molecule has 5 fully saturated rings.